The lowest BCUT2D eigenvalue weighted by molar-refractivity contribution is 0.0590. The molecule has 19 heavy (non-hydrogen) atoms. The summed E-state index contributed by atoms with van der Waals surface area (Å²) in [5.74, 6) is -0.718. The van der Waals surface area contributed by atoms with Gasteiger partial charge in [-0.3, -0.25) is 0 Å². The fourth-order valence-electron chi connectivity index (χ4n) is 2.19. The third-order valence-electron chi connectivity index (χ3n) is 3.20. The van der Waals surface area contributed by atoms with Gasteiger partial charge >= 0.3 is 5.97 Å². The highest BCUT2D eigenvalue weighted by Gasteiger charge is 2.35. The number of piperidine rings is 1. The van der Waals surface area contributed by atoms with E-state index in [0.717, 1.165) is 30.6 Å². The average molecular weight is 304 g/mol. The SMILES string of the molecule is COC(=O)c1ncsc1S(=O)(=O)N1CCCCC1C. The van der Waals surface area contributed by atoms with Crippen LogP contribution in [0.2, 0.25) is 0 Å². The molecule has 8 heteroatoms. The zero-order valence-electron chi connectivity index (χ0n) is 10.8. The van der Waals surface area contributed by atoms with E-state index in [-0.39, 0.29) is 15.9 Å². The fraction of sp³-hybridized carbons (Fsp3) is 0.636. The van der Waals surface area contributed by atoms with Gasteiger partial charge in [-0.2, -0.15) is 4.31 Å². The second kappa shape index (κ2) is 5.56. The van der Waals surface area contributed by atoms with Gasteiger partial charge in [0, 0.05) is 12.6 Å². The van der Waals surface area contributed by atoms with Gasteiger partial charge in [0.05, 0.1) is 12.6 Å². The Morgan fingerprint density at radius 2 is 2.26 bits per heavy atom. The normalized spacial score (nSPS) is 21.3. The largest absolute Gasteiger partial charge is 0.464 e. The zero-order chi connectivity index (χ0) is 14.0. The molecule has 1 aromatic rings. The number of hydrogen-bond acceptors (Lipinski definition) is 6. The van der Waals surface area contributed by atoms with E-state index < -0.39 is 16.0 Å². The summed E-state index contributed by atoms with van der Waals surface area (Å²) in [7, 11) is -2.46. The monoisotopic (exact) mass is 304 g/mol. The van der Waals surface area contributed by atoms with E-state index in [1.165, 1.54) is 16.9 Å². The van der Waals surface area contributed by atoms with Gasteiger partial charge in [-0.15, -0.1) is 11.3 Å². The lowest BCUT2D eigenvalue weighted by Gasteiger charge is -2.31. The first kappa shape index (κ1) is 14.4. The van der Waals surface area contributed by atoms with Gasteiger partial charge < -0.3 is 4.74 Å². The molecule has 6 nitrogen and oxygen atoms in total. The van der Waals surface area contributed by atoms with Crippen molar-refractivity contribution in [2.24, 2.45) is 0 Å². The average Bonchev–Trinajstić information content (AvgIpc) is 2.88. The molecule has 0 spiro atoms. The maximum absolute atomic E-state index is 12.6. The Hall–Kier alpha value is -0.990. The molecular weight excluding hydrogens is 288 g/mol. The van der Waals surface area contributed by atoms with E-state index in [9.17, 15) is 13.2 Å². The third kappa shape index (κ3) is 2.65. The van der Waals surface area contributed by atoms with Gasteiger partial charge in [-0.25, -0.2) is 18.2 Å². The van der Waals surface area contributed by atoms with E-state index in [2.05, 4.69) is 9.72 Å². The lowest BCUT2D eigenvalue weighted by atomic mass is 10.1. The van der Waals surface area contributed by atoms with Crippen LogP contribution in [0.5, 0.6) is 0 Å². The highest BCUT2D eigenvalue weighted by atomic mass is 32.2. The summed E-state index contributed by atoms with van der Waals surface area (Å²) in [6, 6.07) is -0.0497. The number of sulfonamides is 1. The minimum absolute atomic E-state index is 0.0203. The molecule has 0 aromatic carbocycles. The molecule has 0 radical (unpaired) electrons. The summed E-state index contributed by atoms with van der Waals surface area (Å²) < 4.78 is 31.2. The maximum atomic E-state index is 12.6. The molecule has 0 aliphatic carbocycles. The number of hydrogen-bond donors (Lipinski definition) is 0. The molecule has 1 saturated heterocycles. The van der Waals surface area contributed by atoms with Crippen molar-refractivity contribution in [1.82, 2.24) is 9.29 Å². The molecule has 1 unspecified atom stereocenters. The van der Waals surface area contributed by atoms with Crippen LogP contribution < -0.4 is 0 Å². The van der Waals surface area contributed by atoms with Crippen LogP contribution >= 0.6 is 11.3 Å². The van der Waals surface area contributed by atoms with Crippen LogP contribution in [-0.2, 0) is 14.8 Å². The minimum Gasteiger partial charge on any atom is -0.464 e. The van der Waals surface area contributed by atoms with Gasteiger partial charge in [0.15, 0.2) is 9.90 Å². The molecular formula is C11H16N2O4S2. The van der Waals surface area contributed by atoms with Gasteiger partial charge in [0.2, 0.25) is 0 Å². The highest BCUT2D eigenvalue weighted by molar-refractivity contribution is 7.91. The Bertz CT molecular complexity index is 567. The van der Waals surface area contributed by atoms with E-state index in [1.807, 2.05) is 6.92 Å². The van der Waals surface area contributed by atoms with Crippen LogP contribution in [0.4, 0.5) is 0 Å². The van der Waals surface area contributed by atoms with Gasteiger partial charge in [0.25, 0.3) is 10.0 Å². The Morgan fingerprint density at radius 1 is 1.53 bits per heavy atom. The van der Waals surface area contributed by atoms with Crippen LogP contribution in [0.15, 0.2) is 9.72 Å². The number of ether oxygens (including phenoxy) is 1. The molecule has 1 aliphatic rings. The number of aromatic nitrogens is 1. The molecule has 1 fully saturated rings. The molecule has 0 N–H and O–H groups in total. The molecule has 2 rings (SSSR count). The van der Waals surface area contributed by atoms with Crippen molar-refractivity contribution in [2.75, 3.05) is 13.7 Å². The third-order valence-corrected chi connectivity index (χ3v) is 6.56. The number of nitrogens with zero attached hydrogens (tertiary/aromatic N) is 2. The molecule has 0 saturated carbocycles. The summed E-state index contributed by atoms with van der Waals surface area (Å²) in [5, 5.41) is 0. The fourth-order valence-corrected chi connectivity index (χ4v) is 5.13. The number of thiazole rings is 1. The molecule has 1 aliphatic heterocycles. The standard InChI is InChI=1S/C11H16N2O4S2/c1-8-5-3-4-6-13(8)19(15,16)11-9(10(14)17-2)12-7-18-11/h7-8H,3-6H2,1-2H3. The van der Waals surface area contributed by atoms with Crippen LogP contribution in [0.25, 0.3) is 0 Å². The minimum atomic E-state index is -3.67. The quantitative estimate of drug-likeness (QED) is 0.791. The van der Waals surface area contributed by atoms with Crippen LogP contribution in [0.1, 0.15) is 36.7 Å². The molecule has 0 amide bonds. The molecule has 0 bridgehead atoms. The predicted molar refractivity (Wildman–Crippen MR) is 70.7 cm³/mol. The second-order valence-electron chi connectivity index (χ2n) is 4.44. The Morgan fingerprint density at radius 3 is 2.89 bits per heavy atom. The number of rotatable bonds is 3. The first-order valence-electron chi connectivity index (χ1n) is 6.02. The molecule has 1 aromatic heterocycles. The van der Waals surface area contributed by atoms with E-state index in [4.69, 9.17) is 0 Å². The van der Waals surface area contributed by atoms with Crippen LogP contribution in [0, 0.1) is 0 Å². The van der Waals surface area contributed by atoms with Gasteiger partial charge in [0.1, 0.15) is 0 Å². The van der Waals surface area contributed by atoms with Gasteiger partial charge in [-0.1, -0.05) is 6.42 Å². The highest BCUT2D eigenvalue weighted by Crippen LogP contribution is 2.29. The summed E-state index contributed by atoms with van der Waals surface area (Å²) >= 11 is 0.954. The molecule has 106 valence electrons. The van der Waals surface area contributed by atoms with Gasteiger partial charge in [-0.05, 0) is 19.8 Å². The predicted octanol–water partition coefficient (Wildman–Crippen LogP) is 1.49. The van der Waals surface area contributed by atoms with Crippen molar-refractivity contribution < 1.29 is 17.9 Å². The number of carbonyl (C=O) groups is 1. The summed E-state index contributed by atoms with van der Waals surface area (Å²) in [6.45, 7) is 2.37. The van der Waals surface area contributed by atoms with Crippen molar-refractivity contribution >= 4 is 27.3 Å². The van der Waals surface area contributed by atoms with E-state index >= 15 is 0 Å². The summed E-state index contributed by atoms with van der Waals surface area (Å²) in [4.78, 5) is 15.4. The number of methoxy groups -OCH3 is 1. The maximum Gasteiger partial charge on any atom is 0.358 e. The smallest absolute Gasteiger partial charge is 0.358 e. The second-order valence-corrected chi connectivity index (χ2v) is 7.38. The van der Waals surface area contributed by atoms with Crippen LogP contribution in [0.3, 0.4) is 0 Å². The topological polar surface area (TPSA) is 76.6 Å². The van der Waals surface area contributed by atoms with Crippen molar-refractivity contribution in [3.05, 3.63) is 11.2 Å². The van der Waals surface area contributed by atoms with E-state index in [1.54, 1.807) is 0 Å². The van der Waals surface area contributed by atoms with E-state index in [0.29, 0.717) is 6.54 Å². The van der Waals surface area contributed by atoms with Crippen molar-refractivity contribution in [2.45, 2.75) is 36.4 Å². The zero-order valence-corrected chi connectivity index (χ0v) is 12.5. The first-order valence-corrected chi connectivity index (χ1v) is 8.34. The molecule has 1 atom stereocenters. The van der Waals surface area contributed by atoms with Crippen molar-refractivity contribution in [3.8, 4) is 0 Å². The Balaban J connectivity index is 2.39. The lowest BCUT2D eigenvalue weighted by Crippen LogP contribution is -2.42. The van der Waals surface area contributed by atoms with Crippen LogP contribution in [-0.4, -0.2) is 43.4 Å². The van der Waals surface area contributed by atoms with Crippen molar-refractivity contribution in [3.63, 3.8) is 0 Å². The Labute approximate surface area is 116 Å². The number of esters is 1. The first-order chi connectivity index (χ1) is 8.98. The summed E-state index contributed by atoms with van der Waals surface area (Å²) in [5.41, 5.74) is 1.23. The summed E-state index contributed by atoms with van der Waals surface area (Å²) in [6.07, 6.45) is 2.71. The Kier molecular flexibility index (Phi) is 4.22. The number of carbonyl (C=O) groups excluding carboxylic acids is 1. The molecule has 2 heterocycles. The van der Waals surface area contributed by atoms with Crippen molar-refractivity contribution in [1.29, 1.82) is 0 Å².